The van der Waals surface area contributed by atoms with Crippen LogP contribution >= 0.6 is 0 Å². The molecule has 3 amide bonds. The highest BCUT2D eigenvalue weighted by Crippen LogP contribution is 2.27. The maximum Gasteiger partial charge on any atom is 0.273 e. The molecule has 0 bridgehead atoms. The fraction of sp³-hybridized carbons (Fsp3) is 0.350. The highest BCUT2D eigenvalue weighted by Gasteiger charge is 2.35. The Morgan fingerprint density at radius 1 is 1.21 bits per heavy atom. The van der Waals surface area contributed by atoms with Crippen LogP contribution in [0.1, 0.15) is 35.2 Å². The van der Waals surface area contributed by atoms with Crippen molar-refractivity contribution in [3.8, 4) is 5.75 Å². The number of hydrogen-bond acceptors (Lipinski definition) is 5. The molecule has 0 radical (unpaired) electrons. The number of hydrogen-bond donors (Lipinski definition) is 2. The molecular weight excluding hydrogens is 362 g/mol. The minimum Gasteiger partial charge on any atom is -0.494 e. The molecule has 2 heterocycles. The first-order chi connectivity index (χ1) is 13.4. The molecule has 1 fully saturated rings. The lowest BCUT2D eigenvalue weighted by Gasteiger charge is -2.17. The first kappa shape index (κ1) is 19.5. The number of anilines is 1. The summed E-state index contributed by atoms with van der Waals surface area (Å²) in [4.78, 5) is 38.4. The molecule has 148 valence electrons. The smallest absolute Gasteiger partial charge is 0.273 e. The van der Waals surface area contributed by atoms with Gasteiger partial charge in [-0.3, -0.25) is 25.2 Å². The van der Waals surface area contributed by atoms with Gasteiger partial charge >= 0.3 is 0 Å². The zero-order valence-corrected chi connectivity index (χ0v) is 16.1. The minimum absolute atomic E-state index is 0.0821. The van der Waals surface area contributed by atoms with E-state index in [0.717, 1.165) is 5.75 Å². The van der Waals surface area contributed by atoms with Crippen LogP contribution in [0.15, 0.2) is 34.7 Å². The van der Waals surface area contributed by atoms with Gasteiger partial charge in [-0.1, -0.05) is 0 Å². The number of furan rings is 1. The van der Waals surface area contributed by atoms with Gasteiger partial charge in [0.1, 0.15) is 17.3 Å². The lowest BCUT2D eigenvalue weighted by molar-refractivity contribution is -0.126. The van der Waals surface area contributed by atoms with Crippen molar-refractivity contribution in [3.05, 3.63) is 47.4 Å². The second kappa shape index (κ2) is 8.16. The summed E-state index contributed by atoms with van der Waals surface area (Å²) in [5, 5.41) is 0. The van der Waals surface area contributed by atoms with Gasteiger partial charge in [0.05, 0.1) is 18.1 Å². The summed E-state index contributed by atoms with van der Waals surface area (Å²) in [5.41, 5.74) is 5.84. The standard InChI is InChI=1S/C20H23N3O5/c1-4-27-16-7-5-15(6-8-16)23-11-14(10-18(23)24)19(25)21-22-20(26)17-9-12(2)28-13(17)3/h5-9,14H,4,10-11H2,1-3H3,(H,21,25)(H,22,26)/t14-/m1/s1. The zero-order chi connectivity index (χ0) is 20.3. The Hall–Kier alpha value is -3.29. The predicted molar refractivity (Wildman–Crippen MR) is 102 cm³/mol. The number of carbonyl (C=O) groups is 3. The number of nitrogens with zero attached hydrogens (tertiary/aromatic N) is 1. The molecule has 8 heteroatoms. The molecule has 0 spiro atoms. The molecule has 28 heavy (non-hydrogen) atoms. The summed E-state index contributed by atoms with van der Waals surface area (Å²) in [7, 11) is 0. The normalized spacial score (nSPS) is 16.2. The van der Waals surface area contributed by atoms with Gasteiger partial charge in [0.25, 0.3) is 5.91 Å². The first-order valence-corrected chi connectivity index (χ1v) is 9.09. The van der Waals surface area contributed by atoms with Crippen LogP contribution in [0.25, 0.3) is 0 Å². The number of hydrazine groups is 1. The van der Waals surface area contributed by atoms with Crippen LogP contribution in [0, 0.1) is 19.8 Å². The van der Waals surface area contributed by atoms with E-state index < -0.39 is 17.7 Å². The molecule has 1 aliphatic heterocycles. The van der Waals surface area contributed by atoms with E-state index in [9.17, 15) is 14.4 Å². The van der Waals surface area contributed by atoms with Gasteiger partial charge in [0.2, 0.25) is 11.8 Å². The average Bonchev–Trinajstić information content (AvgIpc) is 3.22. The van der Waals surface area contributed by atoms with Gasteiger partial charge in [-0.05, 0) is 51.1 Å². The molecule has 0 saturated carbocycles. The van der Waals surface area contributed by atoms with Crippen molar-refractivity contribution >= 4 is 23.4 Å². The van der Waals surface area contributed by atoms with Gasteiger partial charge < -0.3 is 14.1 Å². The van der Waals surface area contributed by atoms with Crippen LogP contribution in [-0.4, -0.2) is 30.9 Å². The fourth-order valence-electron chi connectivity index (χ4n) is 3.17. The predicted octanol–water partition coefficient (Wildman–Crippen LogP) is 2.11. The van der Waals surface area contributed by atoms with Crippen molar-refractivity contribution in [1.29, 1.82) is 0 Å². The number of amides is 3. The molecule has 1 atom stereocenters. The van der Waals surface area contributed by atoms with E-state index in [-0.39, 0.29) is 18.9 Å². The Kier molecular flexibility index (Phi) is 5.67. The first-order valence-electron chi connectivity index (χ1n) is 9.09. The zero-order valence-electron chi connectivity index (χ0n) is 16.1. The number of rotatable bonds is 5. The van der Waals surface area contributed by atoms with E-state index in [2.05, 4.69) is 10.9 Å². The number of ether oxygens (including phenoxy) is 1. The highest BCUT2D eigenvalue weighted by atomic mass is 16.5. The lowest BCUT2D eigenvalue weighted by Crippen LogP contribution is -2.45. The third-order valence-corrected chi connectivity index (χ3v) is 4.54. The van der Waals surface area contributed by atoms with Crippen molar-refractivity contribution in [2.75, 3.05) is 18.1 Å². The second-order valence-corrected chi connectivity index (χ2v) is 6.60. The topological polar surface area (TPSA) is 101 Å². The minimum atomic E-state index is -0.549. The van der Waals surface area contributed by atoms with Crippen molar-refractivity contribution in [2.45, 2.75) is 27.2 Å². The highest BCUT2D eigenvalue weighted by molar-refractivity contribution is 6.01. The van der Waals surface area contributed by atoms with Crippen molar-refractivity contribution in [2.24, 2.45) is 5.92 Å². The summed E-state index contributed by atoms with van der Waals surface area (Å²) in [6.45, 7) is 6.12. The molecule has 0 aliphatic carbocycles. The van der Waals surface area contributed by atoms with Crippen LogP contribution in [0.2, 0.25) is 0 Å². The quantitative estimate of drug-likeness (QED) is 0.768. The van der Waals surface area contributed by atoms with E-state index in [1.807, 2.05) is 6.92 Å². The molecule has 1 saturated heterocycles. The third-order valence-electron chi connectivity index (χ3n) is 4.54. The van der Waals surface area contributed by atoms with Crippen LogP contribution in [0.3, 0.4) is 0 Å². The summed E-state index contributed by atoms with van der Waals surface area (Å²) in [6.07, 6.45) is 0.0821. The molecule has 2 N–H and O–H groups in total. The van der Waals surface area contributed by atoms with E-state index in [1.165, 1.54) is 0 Å². The van der Waals surface area contributed by atoms with Gasteiger partial charge in [-0.2, -0.15) is 0 Å². The van der Waals surface area contributed by atoms with E-state index in [4.69, 9.17) is 9.15 Å². The fourth-order valence-corrected chi connectivity index (χ4v) is 3.17. The monoisotopic (exact) mass is 385 g/mol. The summed E-state index contributed by atoms with van der Waals surface area (Å²) in [5.74, 6) is 0.245. The Labute approximate surface area is 162 Å². The van der Waals surface area contributed by atoms with Crippen LogP contribution in [0.4, 0.5) is 5.69 Å². The van der Waals surface area contributed by atoms with Gasteiger partial charge in [-0.25, -0.2) is 0 Å². The summed E-state index contributed by atoms with van der Waals surface area (Å²) >= 11 is 0. The molecule has 2 aromatic rings. The third kappa shape index (κ3) is 4.16. The lowest BCUT2D eigenvalue weighted by atomic mass is 10.1. The van der Waals surface area contributed by atoms with Crippen LogP contribution in [0.5, 0.6) is 5.75 Å². The molecule has 0 unspecified atom stereocenters. The second-order valence-electron chi connectivity index (χ2n) is 6.60. The number of aryl methyl sites for hydroxylation is 2. The van der Waals surface area contributed by atoms with Crippen molar-refractivity contribution in [1.82, 2.24) is 10.9 Å². The molecular formula is C20H23N3O5. The number of benzene rings is 1. The Balaban J connectivity index is 1.57. The van der Waals surface area contributed by atoms with Crippen molar-refractivity contribution in [3.63, 3.8) is 0 Å². The Bertz CT molecular complexity index is 888. The SMILES string of the molecule is CCOc1ccc(N2C[C@H](C(=O)NNC(=O)c3cc(C)oc3C)CC2=O)cc1. The Morgan fingerprint density at radius 2 is 1.93 bits per heavy atom. The molecule has 1 aliphatic rings. The maximum atomic E-state index is 12.4. The van der Waals surface area contributed by atoms with Gasteiger partial charge in [-0.15, -0.1) is 0 Å². The van der Waals surface area contributed by atoms with Crippen molar-refractivity contribution < 1.29 is 23.5 Å². The largest absolute Gasteiger partial charge is 0.494 e. The summed E-state index contributed by atoms with van der Waals surface area (Å²) < 4.78 is 10.7. The molecule has 1 aromatic heterocycles. The van der Waals surface area contributed by atoms with Gasteiger partial charge in [0.15, 0.2) is 0 Å². The maximum absolute atomic E-state index is 12.4. The summed E-state index contributed by atoms with van der Waals surface area (Å²) in [6, 6.07) is 8.75. The average molecular weight is 385 g/mol. The Morgan fingerprint density at radius 3 is 2.54 bits per heavy atom. The van der Waals surface area contributed by atoms with Gasteiger partial charge in [0, 0.05) is 18.7 Å². The molecule has 8 nitrogen and oxygen atoms in total. The molecule has 3 rings (SSSR count). The van der Waals surface area contributed by atoms with Crippen LogP contribution in [-0.2, 0) is 9.59 Å². The van der Waals surface area contributed by atoms with E-state index >= 15 is 0 Å². The van der Waals surface area contributed by atoms with E-state index in [1.54, 1.807) is 49.1 Å². The van der Waals surface area contributed by atoms with E-state index in [0.29, 0.717) is 29.4 Å². The number of carbonyl (C=O) groups excluding carboxylic acids is 3. The van der Waals surface area contributed by atoms with Crippen LogP contribution < -0.4 is 20.5 Å². The molecule has 1 aromatic carbocycles. The number of nitrogens with one attached hydrogen (secondary N) is 2.